The van der Waals surface area contributed by atoms with E-state index in [0.717, 1.165) is 17.5 Å². The molecule has 0 heterocycles. The Labute approximate surface area is 118 Å². The van der Waals surface area contributed by atoms with Crippen LogP contribution in [0.2, 0.25) is 0 Å². The maximum atomic E-state index is 11.7. The van der Waals surface area contributed by atoms with Crippen molar-refractivity contribution in [1.82, 2.24) is 10.6 Å². The van der Waals surface area contributed by atoms with Gasteiger partial charge in [0.1, 0.15) is 0 Å². The number of carbonyl (C=O) groups excluding carboxylic acids is 1. The lowest BCUT2D eigenvalue weighted by atomic mass is 10.0. The number of carboxylic acid groups (broad SMARTS) is 1. The van der Waals surface area contributed by atoms with Crippen molar-refractivity contribution in [1.29, 1.82) is 0 Å². The van der Waals surface area contributed by atoms with E-state index in [1.165, 1.54) is 0 Å². The van der Waals surface area contributed by atoms with Crippen molar-refractivity contribution >= 4 is 12.0 Å². The monoisotopic (exact) mass is 276 g/mol. The molecule has 1 aliphatic carbocycles. The lowest BCUT2D eigenvalue weighted by Gasteiger charge is -2.11. The molecule has 1 fully saturated rings. The summed E-state index contributed by atoms with van der Waals surface area (Å²) in [5, 5.41) is 14.5. The third kappa shape index (κ3) is 3.73. The summed E-state index contributed by atoms with van der Waals surface area (Å²) in [5.74, 6) is -0.873. The Balaban J connectivity index is 1.87. The summed E-state index contributed by atoms with van der Waals surface area (Å²) in [6.45, 7) is 4.56. The minimum absolute atomic E-state index is 0.0326. The highest BCUT2D eigenvalue weighted by Gasteiger charge is 2.46. The van der Waals surface area contributed by atoms with Crippen LogP contribution in [-0.2, 0) is 17.8 Å². The predicted octanol–water partition coefficient (Wildman–Crippen LogP) is 1.91. The molecule has 108 valence electrons. The Morgan fingerprint density at radius 2 is 1.90 bits per heavy atom. The molecule has 3 N–H and O–H groups in total. The van der Waals surface area contributed by atoms with Crippen LogP contribution >= 0.6 is 0 Å². The quantitative estimate of drug-likeness (QED) is 0.768. The molecule has 0 spiro atoms. The van der Waals surface area contributed by atoms with E-state index >= 15 is 0 Å². The number of aliphatic carboxylic acids is 1. The van der Waals surface area contributed by atoms with E-state index in [2.05, 4.69) is 24.5 Å². The van der Waals surface area contributed by atoms with Crippen molar-refractivity contribution in [2.24, 2.45) is 5.41 Å². The number of urea groups is 1. The molecule has 0 radical (unpaired) electrons. The second-order valence-electron chi connectivity index (χ2n) is 5.91. The van der Waals surface area contributed by atoms with Crippen LogP contribution in [0.5, 0.6) is 0 Å². The zero-order valence-corrected chi connectivity index (χ0v) is 11.8. The molecule has 1 atom stereocenters. The average molecular weight is 276 g/mol. The first-order valence-corrected chi connectivity index (χ1v) is 6.71. The molecule has 1 aromatic rings. The number of carbonyl (C=O) groups is 2. The van der Waals surface area contributed by atoms with E-state index in [1.54, 1.807) is 12.1 Å². The van der Waals surface area contributed by atoms with Gasteiger partial charge >= 0.3 is 12.0 Å². The van der Waals surface area contributed by atoms with Crippen LogP contribution in [0.25, 0.3) is 0 Å². The molecule has 0 aliphatic heterocycles. The van der Waals surface area contributed by atoms with Gasteiger partial charge in [-0.2, -0.15) is 0 Å². The summed E-state index contributed by atoms with van der Waals surface area (Å²) < 4.78 is 0. The molecule has 0 bridgehead atoms. The molecule has 0 aromatic heterocycles. The van der Waals surface area contributed by atoms with Gasteiger partial charge in [0, 0.05) is 12.6 Å². The van der Waals surface area contributed by atoms with Gasteiger partial charge in [-0.05, 0) is 23.0 Å². The molecule has 20 heavy (non-hydrogen) atoms. The fourth-order valence-corrected chi connectivity index (χ4v) is 2.16. The number of hydrogen-bond acceptors (Lipinski definition) is 2. The first kappa shape index (κ1) is 14.4. The number of nitrogens with one attached hydrogen (secondary N) is 2. The van der Waals surface area contributed by atoms with Crippen LogP contribution in [-0.4, -0.2) is 23.1 Å². The maximum Gasteiger partial charge on any atom is 0.315 e. The van der Waals surface area contributed by atoms with Gasteiger partial charge in [0.15, 0.2) is 0 Å². The highest BCUT2D eigenvalue weighted by Crippen LogP contribution is 2.44. The molecule has 2 amide bonds. The fraction of sp³-hybridized carbons (Fsp3) is 0.467. The number of benzene rings is 1. The van der Waals surface area contributed by atoms with Crippen molar-refractivity contribution in [3.8, 4) is 0 Å². The fourth-order valence-electron chi connectivity index (χ4n) is 2.16. The molecule has 0 saturated heterocycles. The normalized spacial score (nSPS) is 19.2. The van der Waals surface area contributed by atoms with E-state index < -0.39 is 5.97 Å². The summed E-state index contributed by atoms with van der Waals surface area (Å²) in [4.78, 5) is 22.5. The number of amides is 2. The van der Waals surface area contributed by atoms with E-state index in [9.17, 15) is 9.59 Å². The molecule has 1 unspecified atom stereocenters. The Kier molecular flexibility index (Phi) is 3.97. The van der Waals surface area contributed by atoms with E-state index in [0.29, 0.717) is 6.54 Å². The Bertz CT molecular complexity index is 526. The second kappa shape index (κ2) is 5.53. The Hall–Kier alpha value is -2.04. The molecular formula is C15H20N2O3. The van der Waals surface area contributed by atoms with Gasteiger partial charge in [-0.1, -0.05) is 38.1 Å². The molecule has 1 aromatic carbocycles. The first-order chi connectivity index (χ1) is 9.38. The standard InChI is InChI=1S/C15H20N2O3/c1-15(2)8-12(15)17-14(20)16-9-11-6-4-3-5-10(11)7-13(18)19/h3-6,12H,7-9H2,1-2H3,(H,18,19)(H2,16,17,20). The van der Waals surface area contributed by atoms with Crippen molar-refractivity contribution in [2.45, 2.75) is 39.3 Å². The Morgan fingerprint density at radius 1 is 1.30 bits per heavy atom. The zero-order chi connectivity index (χ0) is 14.8. The van der Waals surface area contributed by atoms with Crippen LogP contribution in [0.15, 0.2) is 24.3 Å². The smallest absolute Gasteiger partial charge is 0.315 e. The van der Waals surface area contributed by atoms with Crippen molar-refractivity contribution in [3.05, 3.63) is 35.4 Å². The minimum Gasteiger partial charge on any atom is -0.481 e. The molecule has 5 heteroatoms. The van der Waals surface area contributed by atoms with Crippen LogP contribution in [0.3, 0.4) is 0 Å². The van der Waals surface area contributed by atoms with Gasteiger partial charge in [-0.3, -0.25) is 4.79 Å². The second-order valence-corrected chi connectivity index (χ2v) is 5.91. The van der Waals surface area contributed by atoms with Crippen LogP contribution < -0.4 is 10.6 Å². The van der Waals surface area contributed by atoms with Crippen LogP contribution in [0, 0.1) is 5.41 Å². The molecule has 1 saturated carbocycles. The van der Waals surface area contributed by atoms with Gasteiger partial charge in [0.25, 0.3) is 0 Å². The third-order valence-corrected chi connectivity index (χ3v) is 3.72. The van der Waals surface area contributed by atoms with E-state index in [1.807, 2.05) is 12.1 Å². The number of rotatable bonds is 5. The average Bonchev–Trinajstić information content (AvgIpc) is 2.94. The lowest BCUT2D eigenvalue weighted by Crippen LogP contribution is -2.38. The summed E-state index contributed by atoms with van der Waals surface area (Å²) in [5.41, 5.74) is 1.76. The van der Waals surface area contributed by atoms with Gasteiger partial charge in [0.2, 0.25) is 0 Å². The zero-order valence-electron chi connectivity index (χ0n) is 11.8. The topological polar surface area (TPSA) is 78.4 Å². The lowest BCUT2D eigenvalue weighted by molar-refractivity contribution is -0.136. The number of hydrogen-bond donors (Lipinski definition) is 3. The minimum atomic E-state index is -0.873. The van der Waals surface area contributed by atoms with Crippen molar-refractivity contribution < 1.29 is 14.7 Å². The van der Waals surface area contributed by atoms with Gasteiger partial charge in [0.05, 0.1) is 6.42 Å². The van der Waals surface area contributed by atoms with E-state index in [-0.39, 0.29) is 23.9 Å². The summed E-state index contributed by atoms with van der Waals surface area (Å²) in [7, 11) is 0. The maximum absolute atomic E-state index is 11.7. The largest absolute Gasteiger partial charge is 0.481 e. The molecule has 2 rings (SSSR count). The highest BCUT2D eigenvalue weighted by molar-refractivity contribution is 5.75. The SMILES string of the molecule is CC1(C)CC1NC(=O)NCc1ccccc1CC(=O)O. The van der Waals surface area contributed by atoms with Crippen molar-refractivity contribution in [3.63, 3.8) is 0 Å². The van der Waals surface area contributed by atoms with Gasteiger partial charge in [-0.15, -0.1) is 0 Å². The highest BCUT2D eigenvalue weighted by atomic mass is 16.4. The molecule has 5 nitrogen and oxygen atoms in total. The molecular weight excluding hydrogens is 256 g/mol. The summed E-state index contributed by atoms with van der Waals surface area (Å²) in [6.07, 6.45) is 0.963. The third-order valence-electron chi connectivity index (χ3n) is 3.72. The van der Waals surface area contributed by atoms with Gasteiger partial charge in [-0.25, -0.2) is 4.79 Å². The van der Waals surface area contributed by atoms with Crippen LogP contribution in [0.1, 0.15) is 31.4 Å². The Morgan fingerprint density at radius 3 is 2.45 bits per heavy atom. The van der Waals surface area contributed by atoms with Crippen molar-refractivity contribution in [2.75, 3.05) is 0 Å². The summed E-state index contributed by atoms with van der Waals surface area (Å²) in [6, 6.07) is 7.27. The van der Waals surface area contributed by atoms with E-state index in [4.69, 9.17) is 5.11 Å². The summed E-state index contributed by atoms with van der Waals surface area (Å²) >= 11 is 0. The molecule has 1 aliphatic rings. The first-order valence-electron chi connectivity index (χ1n) is 6.71. The number of carboxylic acids is 1. The van der Waals surface area contributed by atoms with Gasteiger partial charge < -0.3 is 15.7 Å². The predicted molar refractivity (Wildman–Crippen MR) is 75.3 cm³/mol. The van der Waals surface area contributed by atoms with Crippen LogP contribution in [0.4, 0.5) is 4.79 Å².